The molecule has 1 aromatic carbocycles. The summed E-state index contributed by atoms with van der Waals surface area (Å²) < 4.78 is 12.7. The average molecular weight is 179 g/mol. The first-order chi connectivity index (χ1) is 6.27. The Morgan fingerprint density at radius 3 is 2.54 bits per heavy atom. The zero-order valence-corrected chi connectivity index (χ0v) is 7.76. The van der Waals surface area contributed by atoms with Crippen LogP contribution in [0.15, 0.2) is 24.3 Å². The van der Waals surface area contributed by atoms with Gasteiger partial charge in [-0.25, -0.2) is 4.39 Å². The summed E-state index contributed by atoms with van der Waals surface area (Å²) in [6.07, 6.45) is 1.21. The van der Waals surface area contributed by atoms with E-state index in [-0.39, 0.29) is 5.82 Å². The van der Waals surface area contributed by atoms with Gasteiger partial charge in [0.15, 0.2) is 0 Å². The Balaban J connectivity index is 2.20. The zero-order chi connectivity index (χ0) is 9.26. The molecule has 2 rings (SSSR count). The maximum Gasteiger partial charge on any atom is 0.123 e. The molecule has 1 saturated heterocycles. The fourth-order valence-corrected chi connectivity index (χ4v) is 1.95. The first kappa shape index (κ1) is 8.70. The largest absolute Gasteiger partial charge is 0.310 e. The molecule has 2 atom stereocenters. The maximum atomic E-state index is 12.7. The molecule has 1 N–H and O–H groups in total. The molecule has 0 aliphatic carbocycles. The Morgan fingerprint density at radius 2 is 2.00 bits per heavy atom. The van der Waals surface area contributed by atoms with Gasteiger partial charge >= 0.3 is 0 Å². The van der Waals surface area contributed by atoms with Crippen molar-refractivity contribution in [1.29, 1.82) is 0 Å². The zero-order valence-electron chi connectivity index (χ0n) is 7.76. The number of halogens is 1. The number of hydrogen-bond donors (Lipinski definition) is 1. The van der Waals surface area contributed by atoms with Crippen LogP contribution in [0.25, 0.3) is 0 Å². The molecule has 1 nitrogen and oxygen atoms in total. The number of hydrogen-bond acceptors (Lipinski definition) is 1. The minimum Gasteiger partial charge on any atom is -0.310 e. The van der Waals surface area contributed by atoms with E-state index >= 15 is 0 Å². The second-order valence-corrected chi connectivity index (χ2v) is 3.75. The molecule has 1 fully saturated rings. The number of benzene rings is 1. The SMILES string of the molecule is C[C@H]1CCN[C@@H]1c1ccc(F)cc1. The number of rotatable bonds is 1. The third-order valence-corrected chi connectivity index (χ3v) is 2.76. The highest BCUT2D eigenvalue weighted by molar-refractivity contribution is 5.21. The Bertz CT molecular complexity index is 281. The van der Waals surface area contributed by atoms with E-state index in [9.17, 15) is 4.39 Å². The van der Waals surface area contributed by atoms with Gasteiger partial charge in [0.2, 0.25) is 0 Å². The molecular formula is C11H14FN. The van der Waals surface area contributed by atoms with Crippen molar-refractivity contribution in [2.75, 3.05) is 6.54 Å². The van der Waals surface area contributed by atoms with Gasteiger partial charge in [0, 0.05) is 6.04 Å². The summed E-state index contributed by atoms with van der Waals surface area (Å²) in [7, 11) is 0. The third-order valence-electron chi connectivity index (χ3n) is 2.76. The molecule has 13 heavy (non-hydrogen) atoms. The third kappa shape index (κ3) is 1.73. The molecule has 0 bridgehead atoms. The summed E-state index contributed by atoms with van der Waals surface area (Å²) in [5, 5.41) is 3.42. The molecule has 1 aromatic rings. The predicted molar refractivity (Wildman–Crippen MR) is 50.9 cm³/mol. The first-order valence-electron chi connectivity index (χ1n) is 4.76. The fourth-order valence-electron chi connectivity index (χ4n) is 1.95. The van der Waals surface area contributed by atoms with Crippen molar-refractivity contribution >= 4 is 0 Å². The van der Waals surface area contributed by atoms with E-state index in [1.165, 1.54) is 24.1 Å². The first-order valence-corrected chi connectivity index (χ1v) is 4.76. The van der Waals surface area contributed by atoms with Crippen molar-refractivity contribution in [2.24, 2.45) is 5.92 Å². The quantitative estimate of drug-likeness (QED) is 0.698. The highest BCUT2D eigenvalue weighted by Crippen LogP contribution is 2.28. The van der Waals surface area contributed by atoms with Crippen LogP contribution in [0.4, 0.5) is 4.39 Å². The lowest BCUT2D eigenvalue weighted by molar-refractivity contribution is 0.502. The van der Waals surface area contributed by atoms with Crippen LogP contribution in [0.5, 0.6) is 0 Å². The molecule has 0 aromatic heterocycles. The molecule has 70 valence electrons. The van der Waals surface area contributed by atoms with Crippen LogP contribution in [0.2, 0.25) is 0 Å². The van der Waals surface area contributed by atoms with Gasteiger partial charge in [-0.3, -0.25) is 0 Å². The van der Waals surface area contributed by atoms with E-state index in [2.05, 4.69) is 12.2 Å². The summed E-state index contributed by atoms with van der Waals surface area (Å²) in [6.45, 7) is 3.30. The van der Waals surface area contributed by atoms with Crippen LogP contribution in [0.1, 0.15) is 24.9 Å². The van der Waals surface area contributed by atoms with E-state index in [0.717, 1.165) is 6.54 Å². The summed E-state index contributed by atoms with van der Waals surface area (Å²) in [5.74, 6) is 0.500. The Labute approximate surface area is 78.0 Å². The second kappa shape index (κ2) is 3.46. The molecular weight excluding hydrogens is 165 g/mol. The minimum atomic E-state index is -0.158. The normalized spacial score (nSPS) is 27.8. The van der Waals surface area contributed by atoms with Crippen molar-refractivity contribution < 1.29 is 4.39 Å². The number of nitrogens with one attached hydrogen (secondary N) is 1. The molecule has 1 aliphatic heterocycles. The van der Waals surface area contributed by atoms with E-state index in [4.69, 9.17) is 0 Å². The lowest BCUT2D eigenvalue weighted by Gasteiger charge is -2.15. The second-order valence-electron chi connectivity index (χ2n) is 3.75. The van der Waals surface area contributed by atoms with Gasteiger partial charge in [-0.1, -0.05) is 19.1 Å². The maximum absolute atomic E-state index is 12.7. The van der Waals surface area contributed by atoms with Gasteiger partial charge in [0.1, 0.15) is 5.82 Å². The fraction of sp³-hybridized carbons (Fsp3) is 0.455. The minimum absolute atomic E-state index is 0.158. The topological polar surface area (TPSA) is 12.0 Å². The highest BCUT2D eigenvalue weighted by Gasteiger charge is 2.23. The van der Waals surface area contributed by atoms with Crippen molar-refractivity contribution in [1.82, 2.24) is 5.32 Å². The summed E-state index contributed by atoms with van der Waals surface area (Å²) in [6, 6.07) is 7.22. The van der Waals surface area contributed by atoms with E-state index in [1.807, 2.05) is 12.1 Å². The van der Waals surface area contributed by atoms with Crippen molar-refractivity contribution in [3.8, 4) is 0 Å². The summed E-state index contributed by atoms with van der Waals surface area (Å²) in [4.78, 5) is 0. The van der Waals surface area contributed by atoms with E-state index in [1.54, 1.807) is 0 Å². The molecule has 0 saturated carbocycles. The summed E-state index contributed by atoms with van der Waals surface area (Å²) in [5.41, 5.74) is 1.20. The van der Waals surface area contributed by atoms with Crippen molar-refractivity contribution in [2.45, 2.75) is 19.4 Å². The van der Waals surface area contributed by atoms with Gasteiger partial charge in [0.05, 0.1) is 0 Å². The lowest BCUT2D eigenvalue weighted by Crippen LogP contribution is -2.16. The Morgan fingerprint density at radius 1 is 1.31 bits per heavy atom. The van der Waals surface area contributed by atoms with Gasteiger partial charge in [-0.05, 0) is 36.6 Å². The predicted octanol–water partition coefficient (Wildman–Crippen LogP) is 2.50. The van der Waals surface area contributed by atoms with Gasteiger partial charge in [-0.15, -0.1) is 0 Å². The molecule has 0 amide bonds. The molecule has 1 heterocycles. The Kier molecular flexibility index (Phi) is 2.32. The molecule has 1 aliphatic rings. The average Bonchev–Trinajstić information content (AvgIpc) is 2.53. The van der Waals surface area contributed by atoms with Gasteiger partial charge in [0.25, 0.3) is 0 Å². The van der Waals surface area contributed by atoms with E-state index < -0.39 is 0 Å². The van der Waals surface area contributed by atoms with Crippen LogP contribution >= 0.6 is 0 Å². The smallest absolute Gasteiger partial charge is 0.123 e. The van der Waals surface area contributed by atoms with E-state index in [0.29, 0.717) is 12.0 Å². The van der Waals surface area contributed by atoms with Gasteiger partial charge in [-0.2, -0.15) is 0 Å². The van der Waals surface area contributed by atoms with Crippen LogP contribution in [-0.4, -0.2) is 6.54 Å². The molecule has 0 radical (unpaired) electrons. The van der Waals surface area contributed by atoms with Crippen LogP contribution < -0.4 is 5.32 Å². The molecule has 2 heteroatoms. The monoisotopic (exact) mass is 179 g/mol. The van der Waals surface area contributed by atoms with Gasteiger partial charge < -0.3 is 5.32 Å². The molecule has 0 spiro atoms. The van der Waals surface area contributed by atoms with Crippen LogP contribution in [0, 0.1) is 11.7 Å². The highest BCUT2D eigenvalue weighted by atomic mass is 19.1. The summed E-state index contributed by atoms with van der Waals surface area (Å²) >= 11 is 0. The Hall–Kier alpha value is -0.890. The lowest BCUT2D eigenvalue weighted by atomic mass is 9.96. The molecule has 0 unspecified atom stereocenters. The van der Waals surface area contributed by atoms with Crippen LogP contribution in [0.3, 0.4) is 0 Å². The van der Waals surface area contributed by atoms with Crippen molar-refractivity contribution in [3.63, 3.8) is 0 Å². The van der Waals surface area contributed by atoms with Crippen LogP contribution in [-0.2, 0) is 0 Å². The van der Waals surface area contributed by atoms with Crippen molar-refractivity contribution in [3.05, 3.63) is 35.6 Å². The standard InChI is InChI=1S/C11H14FN/c1-8-6-7-13-11(8)9-2-4-10(12)5-3-9/h2-5,8,11,13H,6-7H2,1H3/t8-,11-/m0/s1.